The molecule has 0 radical (unpaired) electrons. The van der Waals surface area contributed by atoms with E-state index in [0.29, 0.717) is 26.2 Å². The number of hydrogen-bond donors (Lipinski definition) is 0. The highest BCUT2D eigenvalue weighted by atomic mass is 16.6. The van der Waals surface area contributed by atoms with E-state index < -0.39 is 4.92 Å². The van der Waals surface area contributed by atoms with Gasteiger partial charge in [0, 0.05) is 45.0 Å². The molecule has 0 aliphatic carbocycles. The first-order valence-corrected chi connectivity index (χ1v) is 10.5. The van der Waals surface area contributed by atoms with Crippen molar-refractivity contribution in [3.8, 4) is 12.1 Å². The minimum atomic E-state index is -0.465. The van der Waals surface area contributed by atoms with Crippen molar-refractivity contribution in [2.75, 3.05) is 54.0 Å². The highest BCUT2D eigenvalue weighted by Crippen LogP contribution is 2.35. The van der Waals surface area contributed by atoms with Crippen LogP contribution in [0.1, 0.15) is 24.0 Å². The summed E-state index contributed by atoms with van der Waals surface area (Å²) >= 11 is 0. The van der Waals surface area contributed by atoms with Gasteiger partial charge in [0.1, 0.15) is 6.33 Å². The molecule has 1 aliphatic rings. The third-order valence-electron chi connectivity index (χ3n) is 5.75. The quantitative estimate of drug-likeness (QED) is 0.455. The lowest BCUT2D eigenvalue weighted by Gasteiger charge is -2.37. The molecule has 32 heavy (non-hydrogen) atoms. The normalized spacial score (nSPS) is 13.4. The van der Waals surface area contributed by atoms with Gasteiger partial charge < -0.3 is 14.7 Å². The third-order valence-corrected chi connectivity index (χ3v) is 5.75. The molecule has 2 aromatic rings. The monoisotopic (exact) mass is 434 g/mol. The van der Waals surface area contributed by atoms with Crippen molar-refractivity contribution in [1.29, 1.82) is 10.5 Å². The van der Waals surface area contributed by atoms with Crippen LogP contribution < -0.4 is 14.7 Å². The second-order valence-corrected chi connectivity index (χ2v) is 7.62. The zero-order chi connectivity index (χ0) is 23.1. The number of nitrogens with zero attached hydrogens (tertiary/aromatic N) is 8. The summed E-state index contributed by atoms with van der Waals surface area (Å²) in [6.45, 7) is 7.31. The number of anilines is 3. The molecule has 0 atom stereocenters. The second-order valence-electron chi connectivity index (χ2n) is 7.62. The molecule has 1 aliphatic heterocycles. The Bertz CT molecular complexity index is 1030. The van der Waals surface area contributed by atoms with E-state index in [1.54, 1.807) is 4.90 Å². The van der Waals surface area contributed by atoms with Crippen LogP contribution in [0.3, 0.4) is 0 Å². The van der Waals surface area contributed by atoms with Crippen LogP contribution in [0.15, 0.2) is 24.5 Å². The topological polar surface area (TPSA) is 126 Å². The van der Waals surface area contributed by atoms with Crippen molar-refractivity contribution in [1.82, 2.24) is 9.97 Å². The largest absolute Gasteiger partial charge is 0.368 e. The Hall–Kier alpha value is -3.92. The first kappa shape index (κ1) is 22.8. The van der Waals surface area contributed by atoms with Crippen LogP contribution in [0.2, 0.25) is 0 Å². The first-order valence-electron chi connectivity index (χ1n) is 10.5. The molecule has 0 saturated carbocycles. The van der Waals surface area contributed by atoms with Gasteiger partial charge in [0.05, 0.1) is 29.9 Å². The summed E-state index contributed by atoms with van der Waals surface area (Å²) in [6.07, 6.45) is 1.67. The fraction of sp³-hybridized carbons (Fsp3) is 0.455. The highest BCUT2D eigenvalue weighted by Gasteiger charge is 2.31. The van der Waals surface area contributed by atoms with E-state index in [-0.39, 0.29) is 43.3 Å². The Labute approximate surface area is 187 Å². The predicted octanol–water partition coefficient (Wildman–Crippen LogP) is 2.96. The molecule has 0 bridgehead atoms. The van der Waals surface area contributed by atoms with E-state index in [1.165, 1.54) is 23.1 Å². The van der Waals surface area contributed by atoms with Gasteiger partial charge in [-0.3, -0.25) is 10.1 Å². The van der Waals surface area contributed by atoms with Crippen molar-refractivity contribution in [3.63, 3.8) is 0 Å². The van der Waals surface area contributed by atoms with E-state index in [0.717, 1.165) is 0 Å². The fourth-order valence-corrected chi connectivity index (χ4v) is 3.92. The van der Waals surface area contributed by atoms with Crippen LogP contribution in [-0.2, 0) is 0 Å². The van der Waals surface area contributed by atoms with Crippen LogP contribution in [0.25, 0.3) is 0 Å². The van der Waals surface area contributed by atoms with Crippen LogP contribution in [-0.4, -0.2) is 54.2 Å². The Balaban J connectivity index is 1.86. The van der Waals surface area contributed by atoms with Gasteiger partial charge in [-0.15, -0.1) is 0 Å². The molecule has 1 aromatic heterocycles. The number of piperazine rings is 1. The molecule has 10 nitrogen and oxygen atoms in total. The molecular weight excluding hydrogens is 408 g/mol. The number of nitro groups is 1. The molecule has 2 heterocycles. The van der Waals surface area contributed by atoms with Crippen LogP contribution in [0, 0.1) is 46.6 Å². The number of aromatic nitrogens is 2. The first-order chi connectivity index (χ1) is 15.5. The number of benzene rings is 1. The van der Waals surface area contributed by atoms with Crippen molar-refractivity contribution in [2.45, 2.75) is 26.7 Å². The van der Waals surface area contributed by atoms with E-state index in [4.69, 9.17) is 10.5 Å². The van der Waals surface area contributed by atoms with Gasteiger partial charge in [-0.1, -0.05) is 12.1 Å². The van der Waals surface area contributed by atoms with E-state index in [1.807, 2.05) is 23.1 Å². The zero-order valence-electron chi connectivity index (χ0n) is 18.4. The maximum Gasteiger partial charge on any atom is 0.353 e. The Morgan fingerprint density at radius 2 is 1.69 bits per heavy atom. The lowest BCUT2D eigenvalue weighted by molar-refractivity contribution is -0.383. The summed E-state index contributed by atoms with van der Waals surface area (Å²) < 4.78 is 0. The van der Waals surface area contributed by atoms with Gasteiger partial charge in [-0.05, 0) is 31.0 Å². The average Bonchev–Trinajstić information content (AvgIpc) is 2.80. The third kappa shape index (κ3) is 4.86. The summed E-state index contributed by atoms with van der Waals surface area (Å²) in [5, 5.41) is 30.0. The van der Waals surface area contributed by atoms with Crippen LogP contribution in [0.4, 0.5) is 23.0 Å². The summed E-state index contributed by atoms with van der Waals surface area (Å²) in [5.41, 5.74) is 3.47. The fourth-order valence-electron chi connectivity index (χ4n) is 3.92. The van der Waals surface area contributed by atoms with E-state index >= 15 is 0 Å². The van der Waals surface area contributed by atoms with Crippen molar-refractivity contribution >= 4 is 23.0 Å². The predicted molar refractivity (Wildman–Crippen MR) is 122 cm³/mol. The molecule has 10 heteroatoms. The number of rotatable bonds is 8. The molecule has 3 rings (SSSR count). The molecule has 1 saturated heterocycles. The van der Waals surface area contributed by atoms with Crippen molar-refractivity contribution in [2.24, 2.45) is 0 Å². The molecule has 1 fully saturated rings. The highest BCUT2D eigenvalue weighted by molar-refractivity contribution is 5.72. The zero-order valence-corrected chi connectivity index (χ0v) is 18.4. The molecule has 166 valence electrons. The second kappa shape index (κ2) is 10.4. The SMILES string of the molecule is Cc1cccc(N2CCN(c3ncnc(N(CCC#N)CCC#N)c3[N+](=O)[O-])CC2)c1C. The maximum atomic E-state index is 12.0. The van der Waals surface area contributed by atoms with Gasteiger partial charge in [0.2, 0.25) is 11.6 Å². The molecule has 0 spiro atoms. The molecule has 1 aromatic carbocycles. The van der Waals surface area contributed by atoms with Gasteiger partial charge >= 0.3 is 5.69 Å². The average molecular weight is 435 g/mol. The molecule has 0 N–H and O–H groups in total. The van der Waals surface area contributed by atoms with Gasteiger partial charge in [-0.2, -0.15) is 10.5 Å². The minimum Gasteiger partial charge on any atom is -0.368 e. The number of hydrogen-bond acceptors (Lipinski definition) is 9. The van der Waals surface area contributed by atoms with Crippen molar-refractivity contribution in [3.05, 3.63) is 45.8 Å². The van der Waals surface area contributed by atoms with Crippen molar-refractivity contribution < 1.29 is 4.92 Å². The minimum absolute atomic E-state index is 0.155. The standard InChI is InChI=1S/C22H26N8O2/c1-17-6-3-7-19(18(17)2)27-12-14-29(15-13-27)22-20(30(31)32)21(25-16-26-22)28(10-4-8-23)11-5-9-24/h3,6-7,16H,4-5,10-15H2,1-2H3. The summed E-state index contributed by atoms with van der Waals surface area (Å²) in [6, 6.07) is 10.3. The summed E-state index contributed by atoms with van der Waals surface area (Å²) in [7, 11) is 0. The lowest BCUT2D eigenvalue weighted by Crippen LogP contribution is -2.47. The van der Waals surface area contributed by atoms with Gasteiger partial charge in [0.25, 0.3) is 0 Å². The van der Waals surface area contributed by atoms with E-state index in [2.05, 4.69) is 40.8 Å². The Kier molecular flexibility index (Phi) is 7.40. The van der Waals surface area contributed by atoms with Crippen LogP contribution in [0.5, 0.6) is 0 Å². The smallest absolute Gasteiger partial charge is 0.353 e. The number of aryl methyl sites for hydroxylation is 1. The Morgan fingerprint density at radius 3 is 2.28 bits per heavy atom. The lowest BCUT2D eigenvalue weighted by atomic mass is 10.1. The maximum absolute atomic E-state index is 12.0. The molecular formula is C22H26N8O2. The van der Waals surface area contributed by atoms with E-state index in [9.17, 15) is 10.1 Å². The van der Waals surface area contributed by atoms with Gasteiger partial charge in [0.15, 0.2) is 0 Å². The summed E-state index contributed by atoms with van der Waals surface area (Å²) in [5.74, 6) is 0.432. The Morgan fingerprint density at radius 1 is 1.06 bits per heavy atom. The molecule has 0 unspecified atom stereocenters. The van der Waals surface area contributed by atoms with Crippen LogP contribution >= 0.6 is 0 Å². The summed E-state index contributed by atoms with van der Waals surface area (Å²) in [4.78, 5) is 25.8. The number of nitriles is 2. The van der Waals surface area contributed by atoms with Gasteiger partial charge in [-0.25, -0.2) is 9.97 Å². The molecule has 0 amide bonds.